The van der Waals surface area contributed by atoms with E-state index in [2.05, 4.69) is 32.3 Å². The number of nitrogens with zero attached hydrogens (tertiary/aromatic N) is 4. The molecule has 2 aromatic rings. The van der Waals surface area contributed by atoms with Gasteiger partial charge in [0.1, 0.15) is 11.0 Å². The largest absolute Gasteiger partial charge is 0.348 e. The van der Waals surface area contributed by atoms with Gasteiger partial charge in [-0.2, -0.15) is 0 Å². The quantitative estimate of drug-likeness (QED) is 0.793. The number of aromatic nitrogens is 2. The highest BCUT2D eigenvalue weighted by Gasteiger charge is 2.51. The fraction of sp³-hybridized carbons (Fsp3) is 0.545. The van der Waals surface area contributed by atoms with Crippen LogP contribution in [-0.4, -0.2) is 56.8 Å². The second-order valence-electron chi connectivity index (χ2n) is 8.65. The molecule has 4 atom stereocenters. The number of amides is 2. The average molecular weight is 426 g/mol. The molecular formula is C22H27N5O2S. The lowest BCUT2D eigenvalue weighted by molar-refractivity contribution is -0.160. The maximum Gasteiger partial charge on any atom is 0.243 e. The van der Waals surface area contributed by atoms with E-state index in [0.717, 1.165) is 43.9 Å². The van der Waals surface area contributed by atoms with Crippen LogP contribution in [-0.2, 0) is 22.7 Å². The molecule has 2 amide bonds. The Morgan fingerprint density at radius 2 is 2.03 bits per heavy atom. The zero-order valence-electron chi connectivity index (χ0n) is 16.9. The molecule has 8 heteroatoms. The topological polar surface area (TPSA) is 78.4 Å². The number of carbonyl (C=O) groups excluding carboxylic acids is 2. The second-order valence-corrected chi connectivity index (χ2v) is 9.63. The first-order valence-electron chi connectivity index (χ1n) is 10.8. The number of fused-ring (bicyclic) bond motifs is 4. The minimum absolute atomic E-state index is 0.0281. The number of carbonyl (C=O) groups is 2. The number of pyridine rings is 1. The maximum absolute atomic E-state index is 13.3. The Hall–Kier alpha value is -2.32. The van der Waals surface area contributed by atoms with Crippen molar-refractivity contribution in [3.8, 4) is 0 Å². The van der Waals surface area contributed by atoms with Crippen LogP contribution < -0.4 is 5.32 Å². The summed E-state index contributed by atoms with van der Waals surface area (Å²) in [5.74, 6) is 0.732. The maximum atomic E-state index is 13.3. The van der Waals surface area contributed by atoms with Gasteiger partial charge in [0.05, 0.1) is 6.54 Å². The fourth-order valence-corrected chi connectivity index (χ4v) is 6.13. The summed E-state index contributed by atoms with van der Waals surface area (Å²) in [6.45, 7) is 3.12. The van der Waals surface area contributed by atoms with Crippen LogP contribution in [0.2, 0.25) is 0 Å². The van der Waals surface area contributed by atoms with Gasteiger partial charge >= 0.3 is 0 Å². The summed E-state index contributed by atoms with van der Waals surface area (Å²) in [4.78, 5) is 39.0. The van der Waals surface area contributed by atoms with Crippen LogP contribution in [0.3, 0.4) is 0 Å². The first kappa shape index (κ1) is 19.6. The number of nitrogens with one attached hydrogen (secondary N) is 1. The highest BCUT2D eigenvalue weighted by molar-refractivity contribution is 7.09. The Bertz CT molecular complexity index is 890. The minimum Gasteiger partial charge on any atom is -0.348 e. The summed E-state index contributed by atoms with van der Waals surface area (Å²) in [5.41, 5.74) is 1.24. The van der Waals surface area contributed by atoms with Crippen LogP contribution >= 0.6 is 11.3 Å². The van der Waals surface area contributed by atoms with E-state index in [9.17, 15) is 9.59 Å². The molecule has 3 saturated heterocycles. The third-order valence-electron chi connectivity index (χ3n) is 6.74. The Balaban J connectivity index is 1.36. The molecule has 0 radical (unpaired) electrons. The number of thiazole rings is 1. The molecule has 0 aromatic carbocycles. The smallest absolute Gasteiger partial charge is 0.243 e. The van der Waals surface area contributed by atoms with Crippen molar-refractivity contribution < 1.29 is 9.59 Å². The van der Waals surface area contributed by atoms with Crippen molar-refractivity contribution in [1.82, 2.24) is 25.1 Å². The summed E-state index contributed by atoms with van der Waals surface area (Å²) in [6, 6.07) is 3.91. The van der Waals surface area contributed by atoms with Crippen LogP contribution in [0.25, 0.3) is 0 Å². The van der Waals surface area contributed by atoms with Gasteiger partial charge < -0.3 is 10.2 Å². The van der Waals surface area contributed by atoms with Crippen LogP contribution in [0, 0.1) is 11.8 Å². The molecule has 0 spiro atoms. The minimum atomic E-state index is -0.376. The summed E-state index contributed by atoms with van der Waals surface area (Å²) >= 11 is 1.53. The van der Waals surface area contributed by atoms with Crippen molar-refractivity contribution in [2.24, 2.45) is 11.8 Å². The summed E-state index contributed by atoms with van der Waals surface area (Å²) < 4.78 is 0. The van der Waals surface area contributed by atoms with E-state index in [1.54, 1.807) is 6.20 Å². The molecule has 2 bridgehead atoms. The Kier molecular flexibility index (Phi) is 5.52. The molecule has 2 aromatic heterocycles. The number of rotatable bonds is 5. The molecule has 0 saturated carbocycles. The van der Waals surface area contributed by atoms with Gasteiger partial charge in [0.25, 0.3) is 0 Å². The molecule has 0 unspecified atom stereocenters. The van der Waals surface area contributed by atoms with E-state index in [-0.39, 0.29) is 29.8 Å². The van der Waals surface area contributed by atoms with E-state index in [0.29, 0.717) is 18.9 Å². The first-order chi connectivity index (χ1) is 14.7. The van der Waals surface area contributed by atoms with Crippen molar-refractivity contribution in [3.63, 3.8) is 0 Å². The standard InChI is InChI=1S/C22H27N5O2S/c28-20-3-1-2-18-16-10-17(14-26(13-16)12-15-4-6-23-7-5-15)21(27(18)20)22(29)25-11-19-24-8-9-30-19/h4-9,16-18,21H,1-3,10-14H2,(H,25,29)/t16-,17+,18+,21-/m1/s1. The normalized spacial score (nSPS) is 28.8. The van der Waals surface area contributed by atoms with Crippen LogP contribution in [0.5, 0.6) is 0 Å². The molecule has 5 heterocycles. The summed E-state index contributed by atoms with van der Waals surface area (Å²) in [7, 11) is 0. The summed E-state index contributed by atoms with van der Waals surface area (Å²) in [5, 5.41) is 5.87. The Labute approximate surface area is 180 Å². The molecule has 3 fully saturated rings. The Morgan fingerprint density at radius 1 is 1.20 bits per heavy atom. The zero-order valence-corrected chi connectivity index (χ0v) is 17.8. The number of hydrogen-bond donors (Lipinski definition) is 1. The van der Waals surface area contributed by atoms with Gasteiger partial charge in [-0.3, -0.25) is 19.5 Å². The monoisotopic (exact) mass is 425 g/mol. The van der Waals surface area contributed by atoms with Crippen molar-refractivity contribution in [2.45, 2.75) is 50.9 Å². The van der Waals surface area contributed by atoms with E-state index < -0.39 is 0 Å². The molecule has 30 heavy (non-hydrogen) atoms. The van der Waals surface area contributed by atoms with Crippen LogP contribution in [0.4, 0.5) is 0 Å². The van der Waals surface area contributed by atoms with Crippen molar-refractivity contribution in [1.29, 1.82) is 0 Å². The van der Waals surface area contributed by atoms with Gasteiger partial charge in [-0.25, -0.2) is 4.98 Å². The van der Waals surface area contributed by atoms with E-state index in [1.807, 2.05) is 22.7 Å². The van der Waals surface area contributed by atoms with Gasteiger partial charge in [0.15, 0.2) is 0 Å². The van der Waals surface area contributed by atoms with Crippen molar-refractivity contribution in [2.75, 3.05) is 13.1 Å². The van der Waals surface area contributed by atoms with Gasteiger partial charge in [-0.15, -0.1) is 11.3 Å². The number of likely N-dealkylation sites (tertiary alicyclic amines) is 1. The molecule has 3 aliphatic heterocycles. The lowest BCUT2D eigenvalue weighted by Gasteiger charge is -2.55. The molecule has 3 aliphatic rings. The molecule has 1 N–H and O–H groups in total. The second kappa shape index (κ2) is 8.43. The predicted molar refractivity (Wildman–Crippen MR) is 113 cm³/mol. The van der Waals surface area contributed by atoms with Gasteiger partial charge in [-0.1, -0.05) is 0 Å². The van der Waals surface area contributed by atoms with E-state index in [4.69, 9.17) is 0 Å². The first-order valence-corrected chi connectivity index (χ1v) is 11.7. The van der Waals surface area contributed by atoms with Crippen molar-refractivity contribution >= 4 is 23.2 Å². The highest BCUT2D eigenvalue weighted by Crippen LogP contribution is 2.42. The molecule has 158 valence electrons. The molecule has 0 aliphatic carbocycles. The van der Waals surface area contributed by atoms with Gasteiger partial charge in [0.2, 0.25) is 11.8 Å². The van der Waals surface area contributed by atoms with Crippen LogP contribution in [0.15, 0.2) is 36.1 Å². The lowest BCUT2D eigenvalue weighted by Crippen LogP contribution is -2.68. The van der Waals surface area contributed by atoms with Crippen LogP contribution in [0.1, 0.15) is 36.3 Å². The lowest BCUT2D eigenvalue weighted by atomic mass is 9.71. The molecular weight excluding hydrogens is 398 g/mol. The summed E-state index contributed by atoms with van der Waals surface area (Å²) in [6.07, 6.45) is 8.93. The van der Waals surface area contributed by atoms with E-state index in [1.165, 1.54) is 16.9 Å². The van der Waals surface area contributed by atoms with Gasteiger partial charge in [-0.05, 0) is 42.9 Å². The molecule has 7 nitrogen and oxygen atoms in total. The van der Waals surface area contributed by atoms with Crippen molar-refractivity contribution in [3.05, 3.63) is 46.7 Å². The average Bonchev–Trinajstić information content (AvgIpc) is 3.27. The predicted octanol–water partition coefficient (Wildman–Crippen LogP) is 2.06. The van der Waals surface area contributed by atoms with E-state index >= 15 is 0 Å². The number of hydrogen-bond acceptors (Lipinski definition) is 6. The Morgan fingerprint density at radius 3 is 2.83 bits per heavy atom. The zero-order chi connectivity index (χ0) is 20.5. The fourth-order valence-electron chi connectivity index (χ4n) is 5.57. The SMILES string of the molecule is O=C(NCc1nccs1)[C@H]1[C@H]2C[C@H](CN(Cc3ccncc3)C2)[C@@H]2CCCC(=O)N21. The third kappa shape index (κ3) is 3.86. The number of piperidine rings is 3. The molecule has 5 rings (SSSR count). The third-order valence-corrected chi connectivity index (χ3v) is 7.52. The van der Waals surface area contributed by atoms with Gasteiger partial charge in [0, 0.05) is 62.0 Å². The highest BCUT2D eigenvalue weighted by atomic mass is 32.1.